The van der Waals surface area contributed by atoms with E-state index in [1.165, 1.54) is 5.69 Å². The summed E-state index contributed by atoms with van der Waals surface area (Å²) in [6.07, 6.45) is 0. The van der Waals surface area contributed by atoms with Crippen LogP contribution in [0.1, 0.15) is 27.7 Å². The van der Waals surface area contributed by atoms with E-state index in [1.54, 1.807) is 0 Å². The fraction of sp³-hybridized carbons (Fsp3) is 0.647. The molecular formula is C17H28ClN3. The monoisotopic (exact) mass is 309 g/mol. The Morgan fingerprint density at radius 3 is 2.24 bits per heavy atom. The molecule has 0 unspecified atom stereocenters. The van der Waals surface area contributed by atoms with Gasteiger partial charge in [-0.2, -0.15) is 0 Å². The lowest BCUT2D eigenvalue weighted by Gasteiger charge is -2.45. The van der Waals surface area contributed by atoms with E-state index in [-0.39, 0.29) is 11.0 Å². The molecule has 0 spiro atoms. The van der Waals surface area contributed by atoms with Crippen LogP contribution in [0.2, 0.25) is 5.02 Å². The van der Waals surface area contributed by atoms with Crippen LogP contribution >= 0.6 is 11.6 Å². The maximum atomic E-state index is 6.31. The Bertz CT molecular complexity index is 471. The van der Waals surface area contributed by atoms with Crippen LogP contribution in [0, 0.1) is 5.41 Å². The minimum atomic E-state index is -0.170. The normalized spacial score (nSPS) is 18.1. The summed E-state index contributed by atoms with van der Waals surface area (Å²) in [5, 5.41) is 0.806. The number of hydrogen-bond donors (Lipinski definition) is 1. The molecule has 21 heavy (non-hydrogen) atoms. The third kappa shape index (κ3) is 4.12. The molecule has 2 rings (SSSR count). The third-order valence-corrected chi connectivity index (χ3v) is 5.14. The van der Waals surface area contributed by atoms with Crippen molar-refractivity contribution in [3.63, 3.8) is 0 Å². The summed E-state index contributed by atoms with van der Waals surface area (Å²) in [5.41, 5.74) is 7.47. The van der Waals surface area contributed by atoms with Crippen LogP contribution in [0.25, 0.3) is 0 Å². The fourth-order valence-electron chi connectivity index (χ4n) is 2.60. The lowest BCUT2D eigenvalue weighted by molar-refractivity contribution is 0.109. The summed E-state index contributed by atoms with van der Waals surface area (Å²) in [6, 6.07) is 8.12. The molecule has 1 heterocycles. The Kier molecular flexibility index (Phi) is 4.86. The molecule has 4 heteroatoms. The molecule has 1 aliphatic heterocycles. The van der Waals surface area contributed by atoms with E-state index >= 15 is 0 Å². The van der Waals surface area contributed by atoms with Gasteiger partial charge in [0.2, 0.25) is 0 Å². The molecule has 0 amide bonds. The van der Waals surface area contributed by atoms with Gasteiger partial charge in [-0.05, 0) is 37.5 Å². The van der Waals surface area contributed by atoms with Crippen molar-refractivity contribution in [1.29, 1.82) is 0 Å². The van der Waals surface area contributed by atoms with Crippen molar-refractivity contribution in [2.45, 2.75) is 33.2 Å². The van der Waals surface area contributed by atoms with Gasteiger partial charge >= 0.3 is 0 Å². The first kappa shape index (κ1) is 16.6. The van der Waals surface area contributed by atoms with Gasteiger partial charge in [-0.15, -0.1) is 0 Å². The average molecular weight is 310 g/mol. The van der Waals surface area contributed by atoms with Gasteiger partial charge in [0.25, 0.3) is 0 Å². The Labute approximate surface area is 134 Å². The summed E-state index contributed by atoms with van der Waals surface area (Å²) in [7, 11) is 0. The number of nitrogens with zero attached hydrogens (tertiary/aromatic N) is 2. The van der Waals surface area contributed by atoms with Gasteiger partial charge in [0.1, 0.15) is 0 Å². The summed E-state index contributed by atoms with van der Waals surface area (Å²) in [6.45, 7) is 14.0. The van der Waals surface area contributed by atoms with Crippen LogP contribution in [-0.4, -0.2) is 43.2 Å². The van der Waals surface area contributed by atoms with Crippen molar-refractivity contribution in [3.05, 3.63) is 29.3 Å². The van der Waals surface area contributed by atoms with Gasteiger partial charge in [0.15, 0.2) is 0 Å². The Morgan fingerprint density at radius 2 is 1.71 bits per heavy atom. The topological polar surface area (TPSA) is 32.5 Å². The van der Waals surface area contributed by atoms with Gasteiger partial charge in [-0.1, -0.05) is 31.5 Å². The highest BCUT2D eigenvalue weighted by molar-refractivity contribution is 6.30. The van der Waals surface area contributed by atoms with Crippen LogP contribution in [0.3, 0.4) is 0 Å². The number of rotatable bonds is 4. The summed E-state index contributed by atoms with van der Waals surface area (Å²) < 4.78 is 0. The third-order valence-electron chi connectivity index (χ3n) is 4.91. The van der Waals surface area contributed by atoms with E-state index in [4.69, 9.17) is 17.3 Å². The van der Waals surface area contributed by atoms with Crippen LogP contribution in [0.15, 0.2) is 24.3 Å². The van der Waals surface area contributed by atoms with Crippen molar-refractivity contribution in [1.82, 2.24) is 4.90 Å². The van der Waals surface area contributed by atoms with E-state index in [2.05, 4.69) is 43.6 Å². The first-order valence-electron chi connectivity index (χ1n) is 7.71. The number of benzene rings is 1. The first-order valence-corrected chi connectivity index (χ1v) is 8.09. The number of halogens is 1. The molecule has 1 fully saturated rings. The van der Waals surface area contributed by atoms with E-state index in [0.29, 0.717) is 0 Å². The second-order valence-electron chi connectivity index (χ2n) is 7.35. The van der Waals surface area contributed by atoms with Crippen molar-refractivity contribution in [2.24, 2.45) is 11.1 Å². The molecule has 0 saturated carbocycles. The highest BCUT2D eigenvalue weighted by atomic mass is 35.5. The molecule has 0 aliphatic carbocycles. The van der Waals surface area contributed by atoms with Gasteiger partial charge < -0.3 is 10.6 Å². The van der Waals surface area contributed by atoms with Gasteiger partial charge in [0.05, 0.1) is 0 Å². The van der Waals surface area contributed by atoms with Gasteiger partial charge in [-0.3, -0.25) is 4.90 Å². The van der Waals surface area contributed by atoms with E-state index in [1.807, 2.05) is 18.2 Å². The minimum absolute atomic E-state index is 0.102. The van der Waals surface area contributed by atoms with Crippen LogP contribution in [-0.2, 0) is 0 Å². The van der Waals surface area contributed by atoms with Gasteiger partial charge in [-0.25, -0.2) is 0 Å². The lowest BCUT2D eigenvalue weighted by atomic mass is 9.75. The Hall–Kier alpha value is -0.770. The molecule has 3 nitrogen and oxygen atoms in total. The largest absolute Gasteiger partial charge is 0.369 e. The summed E-state index contributed by atoms with van der Waals surface area (Å²) in [5.74, 6) is 0. The molecular weight excluding hydrogens is 282 g/mol. The minimum Gasteiger partial charge on any atom is -0.369 e. The molecule has 0 bridgehead atoms. The molecule has 1 aromatic rings. The highest BCUT2D eigenvalue weighted by Crippen LogP contribution is 2.30. The Balaban J connectivity index is 1.92. The fourth-order valence-corrected chi connectivity index (χ4v) is 2.78. The molecule has 0 atom stereocenters. The molecule has 1 aromatic carbocycles. The quantitative estimate of drug-likeness (QED) is 0.927. The maximum Gasteiger partial charge on any atom is 0.0426 e. The zero-order chi connectivity index (χ0) is 15.7. The van der Waals surface area contributed by atoms with E-state index in [0.717, 1.165) is 37.7 Å². The number of hydrogen-bond acceptors (Lipinski definition) is 3. The molecule has 1 saturated heterocycles. The lowest BCUT2D eigenvalue weighted by Crippen LogP contribution is -2.56. The van der Waals surface area contributed by atoms with Crippen LogP contribution in [0.4, 0.5) is 5.69 Å². The van der Waals surface area contributed by atoms with Crippen LogP contribution in [0.5, 0.6) is 0 Å². The molecule has 0 radical (unpaired) electrons. The zero-order valence-corrected chi connectivity index (χ0v) is 14.5. The van der Waals surface area contributed by atoms with E-state index < -0.39 is 0 Å². The predicted octanol–water partition coefficient (Wildman–Crippen LogP) is 3.23. The number of nitrogens with two attached hydrogens (primary N) is 1. The summed E-state index contributed by atoms with van der Waals surface area (Å²) >= 11 is 6.08. The molecule has 0 aromatic heterocycles. The highest BCUT2D eigenvalue weighted by Gasteiger charge is 2.35. The van der Waals surface area contributed by atoms with Crippen molar-refractivity contribution in [3.8, 4) is 0 Å². The smallest absolute Gasteiger partial charge is 0.0426 e. The van der Waals surface area contributed by atoms with Crippen LogP contribution < -0.4 is 10.6 Å². The second-order valence-corrected chi connectivity index (χ2v) is 7.79. The summed E-state index contributed by atoms with van der Waals surface area (Å²) in [4.78, 5) is 4.93. The number of anilines is 1. The van der Waals surface area contributed by atoms with E-state index in [9.17, 15) is 0 Å². The van der Waals surface area contributed by atoms with Crippen molar-refractivity contribution >= 4 is 17.3 Å². The Morgan fingerprint density at radius 1 is 1.10 bits per heavy atom. The molecule has 1 aliphatic rings. The maximum absolute atomic E-state index is 6.31. The second kappa shape index (κ2) is 6.15. The molecule has 2 N–H and O–H groups in total. The zero-order valence-electron chi connectivity index (χ0n) is 13.7. The number of piperazine rings is 1. The van der Waals surface area contributed by atoms with Crippen molar-refractivity contribution in [2.75, 3.05) is 37.6 Å². The van der Waals surface area contributed by atoms with Gasteiger partial charge in [0, 0.05) is 49.0 Å². The predicted molar refractivity (Wildman–Crippen MR) is 92.2 cm³/mol. The first-order chi connectivity index (χ1) is 9.69. The SMILES string of the molecule is CC(C)(N)C(C)(C)CN1CCN(c2cccc(Cl)c2)CC1. The standard InChI is InChI=1S/C17H28ClN3/c1-16(2,17(3,4)19)13-20-8-10-21(11-9-20)15-7-5-6-14(18)12-15/h5-7,12H,8-11,13,19H2,1-4H3. The molecule has 118 valence electrons. The van der Waals surface area contributed by atoms with Crippen molar-refractivity contribution < 1.29 is 0 Å². The average Bonchev–Trinajstić information content (AvgIpc) is 2.38.